The summed E-state index contributed by atoms with van der Waals surface area (Å²) in [4.78, 5) is 9.25. The number of para-hydroxylation sites is 2. The molecule has 0 bridgehead atoms. The summed E-state index contributed by atoms with van der Waals surface area (Å²) in [5, 5.41) is 4.72. The molecule has 0 aliphatic rings. The second kappa shape index (κ2) is 15.6. The van der Waals surface area contributed by atoms with Crippen molar-refractivity contribution in [2.75, 3.05) is 0 Å². The average Bonchev–Trinajstić information content (AvgIpc) is 3.69. The Kier molecular flexibility index (Phi) is 9.78. The number of aromatic nitrogens is 3. The first-order chi connectivity index (χ1) is 24.2. The first-order valence-electron chi connectivity index (χ1n) is 18.2. The minimum absolute atomic E-state index is 0. The van der Waals surface area contributed by atoms with Crippen molar-refractivity contribution in [2.45, 2.75) is 72.7 Å². The summed E-state index contributed by atoms with van der Waals surface area (Å²) in [5.74, 6) is 1.23. The summed E-state index contributed by atoms with van der Waals surface area (Å²) in [5.41, 5.74) is 10.3. The Morgan fingerprint density at radius 1 is 0.854 bits per heavy atom. The second-order valence-electron chi connectivity index (χ2n) is 12.7. The SMILES string of the molecule is [2H]C(C)(C)c1ccc2c(-c3nc4ccccc4n3Cc3c(C(C)C)cccc3C(C)C)[c-]sc2c1.[2H]C([2H])([2H])c1ccc(-c2[c-]cccc2)nc1.[Ir]. The first kappa shape index (κ1) is 30.2. The molecule has 0 aliphatic heterocycles. The van der Waals surface area contributed by atoms with E-state index in [-0.39, 0.29) is 25.7 Å². The topological polar surface area (TPSA) is 30.7 Å². The van der Waals surface area contributed by atoms with Crippen LogP contribution in [0, 0.1) is 18.3 Å². The molecule has 7 aromatic rings. The van der Waals surface area contributed by atoms with Gasteiger partial charge >= 0.3 is 0 Å². The maximum atomic E-state index is 8.44. The van der Waals surface area contributed by atoms with E-state index in [2.05, 4.69) is 109 Å². The summed E-state index contributed by atoms with van der Waals surface area (Å²) in [6.07, 6.45) is 1.39. The molecule has 1 radical (unpaired) electrons. The fraction of sp³-hybridized carbons (Fsp3) is 0.256. The second-order valence-corrected chi connectivity index (χ2v) is 13.6. The van der Waals surface area contributed by atoms with E-state index in [1.165, 1.54) is 22.9 Å². The predicted molar refractivity (Wildman–Crippen MR) is 200 cm³/mol. The zero-order chi connectivity index (χ0) is 36.5. The number of pyridine rings is 1. The number of imidazole rings is 1. The molecule has 0 amide bonds. The van der Waals surface area contributed by atoms with Crippen LogP contribution in [-0.4, -0.2) is 14.5 Å². The summed E-state index contributed by atoms with van der Waals surface area (Å²) in [7, 11) is 0. The standard InChI is InChI=1S/C31H33N2S.C12H10N.Ir/c1-19(2)22-14-15-25-27(18-34-30(25)16-22)31-32-28-12-7-8-13-29(28)33(31)17-26-23(20(3)4)10-9-11-24(26)21(5)6;1-10-7-8-12(13-9-10)11-5-3-2-4-6-11;/h7-16,19-21H,17H2,1-6H3;2-5,7-9H,1H3;/q2*-1;/i19D;1D3;. The van der Waals surface area contributed by atoms with E-state index in [9.17, 15) is 0 Å². The fourth-order valence-corrected chi connectivity index (χ4v) is 6.91. The first-order valence-corrected chi connectivity index (χ1v) is 17.0. The minimum atomic E-state index is -2.09. The molecule has 0 aliphatic carbocycles. The van der Waals surface area contributed by atoms with Gasteiger partial charge in [-0.1, -0.05) is 117 Å². The van der Waals surface area contributed by atoms with Gasteiger partial charge in [-0.2, -0.15) is 0 Å². The van der Waals surface area contributed by atoms with Crippen LogP contribution >= 0.6 is 11.3 Å². The molecule has 4 aromatic carbocycles. The molecule has 0 N–H and O–H groups in total. The zero-order valence-electron chi connectivity index (χ0n) is 32.3. The Labute approximate surface area is 309 Å². The van der Waals surface area contributed by atoms with Crippen molar-refractivity contribution in [1.82, 2.24) is 14.5 Å². The maximum Gasteiger partial charge on any atom is 0.0770 e. The van der Waals surface area contributed by atoms with Crippen LogP contribution in [0.15, 0.2) is 103 Å². The van der Waals surface area contributed by atoms with Crippen LogP contribution in [0.3, 0.4) is 0 Å². The summed E-state index contributed by atoms with van der Waals surface area (Å²) in [6, 6.07) is 35.3. The molecule has 0 atom stereocenters. The van der Waals surface area contributed by atoms with Gasteiger partial charge in [-0.05, 0) is 64.7 Å². The molecule has 48 heavy (non-hydrogen) atoms. The third kappa shape index (κ3) is 7.55. The molecule has 0 saturated heterocycles. The number of benzene rings is 4. The van der Waals surface area contributed by atoms with Gasteiger partial charge in [0.1, 0.15) is 0 Å². The number of rotatable bonds is 7. The molecular formula is C43H43IrN3S-2. The fourth-order valence-electron chi connectivity index (χ4n) is 6.03. The molecule has 3 aromatic heterocycles. The molecule has 0 fully saturated rings. The van der Waals surface area contributed by atoms with Gasteiger partial charge < -0.3 is 9.55 Å². The van der Waals surface area contributed by atoms with Gasteiger partial charge in [0, 0.05) is 38.3 Å². The normalized spacial score (nSPS) is 13.0. The van der Waals surface area contributed by atoms with E-state index < -0.39 is 12.7 Å². The number of thiophene rings is 1. The van der Waals surface area contributed by atoms with Crippen LogP contribution in [0.4, 0.5) is 0 Å². The van der Waals surface area contributed by atoms with Gasteiger partial charge in [-0.15, -0.1) is 47.3 Å². The summed E-state index contributed by atoms with van der Waals surface area (Å²) in [6.45, 7) is 11.7. The molecular weight excluding hydrogens is 783 g/mol. The van der Waals surface area contributed by atoms with E-state index in [1.54, 1.807) is 29.5 Å². The molecule has 3 heterocycles. The number of fused-ring (bicyclic) bond motifs is 2. The van der Waals surface area contributed by atoms with Gasteiger partial charge in [-0.25, -0.2) is 0 Å². The minimum Gasteiger partial charge on any atom is -0.360 e. The van der Waals surface area contributed by atoms with Gasteiger partial charge in [-0.3, -0.25) is 16.3 Å². The zero-order valence-corrected chi connectivity index (χ0v) is 31.5. The maximum absolute atomic E-state index is 8.44. The number of nitrogens with zero attached hydrogens (tertiary/aromatic N) is 3. The molecule has 3 nitrogen and oxygen atoms in total. The molecule has 5 heteroatoms. The number of hydrogen-bond acceptors (Lipinski definition) is 3. The Morgan fingerprint density at radius 3 is 2.25 bits per heavy atom. The van der Waals surface area contributed by atoms with Crippen molar-refractivity contribution >= 4 is 32.5 Å². The average molecular weight is 830 g/mol. The van der Waals surface area contributed by atoms with Gasteiger partial charge in [0.25, 0.3) is 0 Å². The summed E-state index contributed by atoms with van der Waals surface area (Å²) >= 11 is 1.62. The van der Waals surface area contributed by atoms with Crippen molar-refractivity contribution in [3.63, 3.8) is 0 Å². The molecule has 0 spiro atoms. The molecule has 0 unspecified atom stereocenters. The Balaban J connectivity index is 0.000000258. The summed E-state index contributed by atoms with van der Waals surface area (Å²) < 4.78 is 33.7. The van der Waals surface area contributed by atoms with Gasteiger partial charge in [0.2, 0.25) is 0 Å². The van der Waals surface area contributed by atoms with Crippen LogP contribution < -0.4 is 0 Å². The Morgan fingerprint density at radius 2 is 1.60 bits per heavy atom. The van der Waals surface area contributed by atoms with Crippen molar-refractivity contribution in [2.24, 2.45) is 0 Å². The van der Waals surface area contributed by atoms with E-state index in [4.69, 9.17) is 10.5 Å². The van der Waals surface area contributed by atoms with Crippen molar-refractivity contribution in [3.8, 4) is 22.6 Å². The molecule has 0 saturated carbocycles. The van der Waals surface area contributed by atoms with Gasteiger partial charge in [0.15, 0.2) is 0 Å². The van der Waals surface area contributed by atoms with E-state index in [0.717, 1.165) is 55.9 Å². The smallest absolute Gasteiger partial charge is 0.0770 e. The van der Waals surface area contributed by atoms with Crippen LogP contribution in [0.2, 0.25) is 0 Å². The van der Waals surface area contributed by atoms with Crippen LogP contribution in [0.5, 0.6) is 0 Å². The molecule has 247 valence electrons. The Hall–Kier alpha value is -3.89. The van der Waals surface area contributed by atoms with Crippen molar-refractivity contribution in [3.05, 3.63) is 143 Å². The third-order valence-corrected chi connectivity index (χ3v) is 9.39. The van der Waals surface area contributed by atoms with E-state index in [1.807, 2.05) is 32.0 Å². The Bertz CT molecular complexity index is 2240. The van der Waals surface area contributed by atoms with Crippen LogP contribution in [-0.2, 0) is 26.7 Å². The number of aryl methyl sites for hydroxylation is 1. The van der Waals surface area contributed by atoms with E-state index in [0.29, 0.717) is 11.8 Å². The van der Waals surface area contributed by atoms with Crippen LogP contribution in [0.25, 0.3) is 43.8 Å². The predicted octanol–water partition coefficient (Wildman–Crippen LogP) is 12.0. The monoisotopic (exact) mass is 830 g/mol. The van der Waals surface area contributed by atoms with E-state index >= 15 is 0 Å². The largest absolute Gasteiger partial charge is 0.360 e. The van der Waals surface area contributed by atoms with Gasteiger partial charge in [0.05, 0.1) is 16.9 Å². The van der Waals surface area contributed by atoms with Crippen LogP contribution in [0.1, 0.15) is 92.6 Å². The van der Waals surface area contributed by atoms with Crippen molar-refractivity contribution in [1.29, 1.82) is 0 Å². The quantitative estimate of drug-likeness (QED) is 0.150. The molecule has 7 rings (SSSR count). The van der Waals surface area contributed by atoms with Crippen molar-refractivity contribution < 1.29 is 25.6 Å². The number of hydrogen-bond donors (Lipinski definition) is 0. The third-order valence-electron chi connectivity index (χ3n) is 8.53.